The molecule has 0 bridgehead atoms. The number of carbonyl (C=O) groups is 2. The van der Waals surface area contributed by atoms with Crippen LogP contribution < -0.4 is 0 Å². The lowest BCUT2D eigenvalue weighted by Crippen LogP contribution is -2.49. The van der Waals surface area contributed by atoms with Crippen LogP contribution >= 0.6 is 0 Å². The lowest BCUT2D eigenvalue weighted by molar-refractivity contribution is 0.00214. The Balaban J connectivity index is 1.63. The highest BCUT2D eigenvalue weighted by molar-refractivity contribution is 5.92. The molecule has 3 heterocycles. The predicted octanol–water partition coefficient (Wildman–Crippen LogP) is 2.91. The Morgan fingerprint density at radius 1 is 1.32 bits per heavy atom. The van der Waals surface area contributed by atoms with Gasteiger partial charge in [-0.2, -0.15) is 0 Å². The third kappa shape index (κ3) is 3.37. The van der Waals surface area contributed by atoms with Crippen LogP contribution in [0.25, 0.3) is 0 Å². The molecule has 0 saturated carbocycles. The molecule has 0 N–H and O–H groups in total. The molecule has 1 aromatic heterocycles. The van der Waals surface area contributed by atoms with E-state index in [9.17, 15) is 9.59 Å². The minimum Gasteiger partial charge on any atom is -0.441 e. The average molecular weight is 349 g/mol. The van der Waals surface area contributed by atoms with Crippen molar-refractivity contribution in [3.05, 3.63) is 17.3 Å². The van der Waals surface area contributed by atoms with Gasteiger partial charge in [-0.15, -0.1) is 0 Å². The number of ether oxygens (including phenoxy) is 1. The van der Waals surface area contributed by atoms with E-state index in [4.69, 9.17) is 9.15 Å². The maximum absolute atomic E-state index is 12.6. The number of likely N-dealkylation sites (tertiary alicyclic amines) is 1. The van der Waals surface area contributed by atoms with Gasteiger partial charge in [0.1, 0.15) is 5.60 Å². The van der Waals surface area contributed by atoms with Crippen molar-refractivity contribution in [2.45, 2.75) is 65.0 Å². The number of amides is 2. The molecule has 7 nitrogen and oxygen atoms in total. The third-order valence-electron chi connectivity index (χ3n) is 5.29. The number of aryl methyl sites for hydroxylation is 2. The van der Waals surface area contributed by atoms with Crippen molar-refractivity contribution in [3.8, 4) is 0 Å². The maximum atomic E-state index is 12.6. The molecule has 1 aromatic rings. The smallest absolute Gasteiger partial charge is 0.410 e. The molecule has 1 atom stereocenters. The maximum Gasteiger partial charge on any atom is 0.410 e. The van der Waals surface area contributed by atoms with Gasteiger partial charge in [0.15, 0.2) is 5.89 Å². The molecule has 3 rings (SSSR count). The number of carbonyl (C=O) groups excluding carboxylic acids is 2. The fraction of sp³-hybridized carbons (Fsp3) is 0.722. The second kappa shape index (κ2) is 6.69. The van der Waals surface area contributed by atoms with Crippen LogP contribution in [0.1, 0.15) is 61.7 Å². The number of hydrogen-bond acceptors (Lipinski definition) is 5. The summed E-state index contributed by atoms with van der Waals surface area (Å²) in [6.45, 7) is 9.43. The van der Waals surface area contributed by atoms with Crippen LogP contribution in [0, 0.1) is 13.8 Å². The van der Waals surface area contributed by atoms with E-state index in [0.717, 1.165) is 12.8 Å². The van der Waals surface area contributed by atoms with E-state index in [0.29, 0.717) is 49.8 Å². The van der Waals surface area contributed by atoms with Crippen LogP contribution in [0.5, 0.6) is 0 Å². The van der Waals surface area contributed by atoms with Crippen molar-refractivity contribution < 1.29 is 18.7 Å². The Morgan fingerprint density at radius 3 is 2.56 bits per heavy atom. The van der Waals surface area contributed by atoms with Gasteiger partial charge < -0.3 is 19.0 Å². The van der Waals surface area contributed by atoms with E-state index in [2.05, 4.69) is 18.8 Å². The van der Waals surface area contributed by atoms with E-state index >= 15 is 0 Å². The number of piperidine rings is 1. The molecule has 2 aliphatic rings. The van der Waals surface area contributed by atoms with Crippen molar-refractivity contribution in [1.29, 1.82) is 0 Å². The number of rotatable bonds is 4. The number of nitrogens with zero attached hydrogens (tertiary/aromatic N) is 3. The Labute approximate surface area is 148 Å². The Bertz CT molecular complexity index is 661. The van der Waals surface area contributed by atoms with Crippen molar-refractivity contribution in [2.75, 3.05) is 19.6 Å². The summed E-state index contributed by atoms with van der Waals surface area (Å²) >= 11 is 0. The molecule has 0 aromatic carbocycles. The summed E-state index contributed by atoms with van der Waals surface area (Å²) in [7, 11) is 0. The first kappa shape index (κ1) is 17.8. The fourth-order valence-electron chi connectivity index (χ4n) is 3.81. The zero-order chi connectivity index (χ0) is 18.2. The standard InChI is InChI=1S/C18H27N3O4/c1-5-6-12(2)21-11-18(25-17(21)23)7-9-20(10-8-18)16(22)15-13(3)19-14(4)24-15/h12H,5-11H2,1-4H3/t12-/m1/s1. The van der Waals surface area contributed by atoms with Crippen LogP contribution in [0.2, 0.25) is 0 Å². The van der Waals surface area contributed by atoms with Gasteiger partial charge in [0.25, 0.3) is 5.91 Å². The minimum absolute atomic E-state index is 0.131. The fourth-order valence-corrected chi connectivity index (χ4v) is 3.81. The first-order valence-corrected chi connectivity index (χ1v) is 9.08. The highest BCUT2D eigenvalue weighted by atomic mass is 16.6. The highest BCUT2D eigenvalue weighted by Gasteiger charge is 2.48. The molecule has 2 amide bonds. The molecule has 25 heavy (non-hydrogen) atoms. The molecule has 0 aliphatic carbocycles. The molecule has 138 valence electrons. The lowest BCUT2D eigenvalue weighted by Gasteiger charge is -2.37. The van der Waals surface area contributed by atoms with E-state index in [-0.39, 0.29) is 18.0 Å². The molecular formula is C18H27N3O4. The van der Waals surface area contributed by atoms with Crippen LogP contribution in [-0.2, 0) is 4.74 Å². The van der Waals surface area contributed by atoms with Crippen molar-refractivity contribution in [2.24, 2.45) is 0 Å². The minimum atomic E-state index is -0.456. The number of hydrogen-bond donors (Lipinski definition) is 0. The van der Waals surface area contributed by atoms with Crippen molar-refractivity contribution in [1.82, 2.24) is 14.8 Å². The van der Waals surface area contributed by atoms with E-state index < -0.39 is 5.60 Å². The van der Waals surface area contributed by atoms with Gasteiger partial charge in [-0.25, -0.2) is 9.78 Å². The first-order valence-electron chi connectivity index (χ1n) is 9.08. The van der Waals surface area contributed by atoms with E-state index in [1.807, 2.05) is 4.90 Å². The van der Waals surface area contributed by atoms with Gasteiger partial charge >= 0.3 is 6.09 Å². The second-order valence-corrected chi connectivity index (χ2v) is 7.26. The monoisotopic (exact) mass is 349 g/mol. The molecule has 7 heteroatoms. The van der Waals surface area contributed by atoms with Crippen molar-refractivity contribution >= 4 is 12.0 Å². The summed E-state index contributed by atoms with van der Waals surface area (Å²) in [5.74, 6) is 0.683. The van der Waals surface area contributed by atoms with Crippen molar-refractivity contribution in [3.63, 3.8) is 0 Å². The summed E-state index contributed by atoms with van der Waals surface area (Å²) in [4.78, 5) is 32.7. The molecule has 0 radical (unpaired) electrons. The summed E-state index contributed by atoms with van der Waals surface area (Å²) in [6, 6.07) is 0.191. The zero-order valence-electron chi connectivity index (χ0n) is 15.5. The molecule has 0 unspecified atom stereocenters. The zero-order valence-corrected chi connectivity index (χ0v) is 15.5. The summed E-state index contributed by atoms with van der Waals surface area (Å²) in [5.41, 5.74) is 0.164. The van der Waals surface area contributed by atoms with Gasteiger partial charge in [-0.3, -0.25) is 4.79 Å². The Morgan fingerprint density at radius 2 is 2.00 bits per heavy atom. The largest absolute Gasteiger partial charge is 0.441 e. The molecular weight excluding hydrogens is 322 g/mol. The van der Waals surface area contributed by atoms with Crippen LogP contribution in [0.15, 0.2) is 4.42 Å². The third-order valence-corrected chi connectivity index (χ3v) is 5.29. The predicted molar refractivity (Wildman–Crippen MR) is 91.4 cm³/mol. The van der Waals surface area contributed by atoms with E-state index in [1.54, 1.807) is 18.7 Å². The average Bonchev–Trinajstić information content (AvgIpc) is 3.07. The van der Waals surface area contributed by atoms with Crippen LogP contribution in [0.3, 0.4) is 0 Å². The first-order chi connectivity index (χ1) is 11.8. The quantitative estimate of drug-likeness (QED) is 0.835. The highest BCUT2D eigenvalue weighted by Crippen LogP contribution is 2.35. The van der Waals surface area contributed by atoms with Gasteiger partial charge in [0, 0.05) is 38.9 Å². The Hall–Kier alpha value is -2.05. The lowest BCUT2D eigenvalue weighted by atomic mass is 9.90. The van der Waals surface area contributed by atoms with Gasteiger partial charge in [-0.1, -0.05) is 13.3 Å². The van der Waals surface area contributed by atoms with Gasteiger partial charge in [-0.05, 0) is 20.3 Å². The molecule has 1 spiro atoms. The summed E-state index contributed by atoms with van der Waals surface area (Å²) in [6.07, 6.45) is 3.11. The number of aromatic nitrogens is 1. The molecule has 2 fully saturated rings. The van der Waals surface area contributed by atoms with Crippen LogP contribution in [-0.4, -0.2) is 58.1 Å². The molecule has 2 aliphatic heterocycles. The van der Waals surface area contributed by atoms with Crippen LogP contribution in [0.4, 0.5) is 4.79 Å². The topological polar surface area (TPSA) is 75.9 Å². The van der Waals surface area contributed by atoms with E-state index in [1.165, 1.54) is 0 Å². The second-order valence-electron chi connectivity index (χ2n) is 7.26. The summed E-state index contributed by atoms with van der Waals surface area (Å²) < 4.78 is 11.2. The normalized spacial score (nSPS) is 20.9. The Kier molecular flexibility index (Phi) is 4.75. The van der Waals surface area contributed by atoms with Gasteiger partial charge in [0.05, 0.1) is 12.2 Å². The number of oxazole rings is 1. The summed E-state index contributed by atoms with van der Waals surface area (Å²) in [5, 5.41) is 0. The van der Waals surface area contributed by atoms with Gasteiger partial charge in [0.2, 0.25) is 5.76 Å². The SMILES string of the molecule is CCC[C@@H](C)N1CC2(CCN(C(=O)c3oc(C)nc3C)CC2)OC1=O. The molecule has 2 saturated heterocycles.